The van der Waals surface area contributed by atoms with Crippen molar-refractivity contribution in [2.45, 2.75) is 89.9 Å². The van der Waals surface area contributed by atoms with E-state index in [0.717, 1.165) is 60.9 Å². The number of nitrogens with one attached hydrogen (secondary N) is 2. The lowest BCUT2D eigenvalue weighted by Crippen LogP contribution is -2.54. The van der Waals surface area contributed by atoms with Gasteiger partial charge in [0.15, 0.2) is 0 Å². The van der Waals surface area contributed by atoms with Crippen LogP contribution in [0.25, 0.3) is 20.9 Å². The van der Waals surface area contributed by atoms with Crippen LogP contribution in [0.4, 0.5) is 0 Å². The Hall–Kier alpha value is -6.73. The average molecular weight is 1040 g/mol. The van der Waals surface area contributed by atoms with E-state index in [-0.39, 0.29) is 42.0 Å². The van der Waals surface area contributed by atoms with Crippen molar-refractivity contribution in [3.8, 4) is 20.9 Å². The summed E-state index contributed by atoms with van der Waals surface area (Å²) in [5.41, 5.74) is 12.8. The summed E-state index contributed by atoms with van der Waals surface area (Å²) in [6, 6.07) is 28.1. The second-order valence-corrected chi connectivity index (χ2v) is 21.2. The van der Waals surface area contributed by atoms with Crippen LogP contribution in [-0.2, 0) is 45.4 Å². The number of aromatic nitrogens is 2. The van der Waals surface area contributed by atoms with Gasteiger partial charge in [-0.25, -0.2) is 9.97 Å². The molecule has 0 bridgehead atoms. The number of thiazole rings is 2. The number of carbonyl (C=O) groups excluding carboxylic acids is 6. The van der Waals surface area contributed by atoms with Crippen molar-refractivity contribution in [1.29, 1.82) is 0 Å². The Morgan fingerprint density at radius 2 is 1.07 bits per heavy atom. The Bertz CT molecular complexity index is 3000. The van der Waals surface area contributed by atoms with Gasteiger partial charge in [0, 0.05) is 56.1 Å². The largest absolute Gasteiger partial charge is 0.394 e. The third-order valence-electron chi connectivity index (χ3n) is 14.1. The van der Waals surface area contributed by atoms with Gasteiger partial charge in [-0.3, -0.25) is 28.8 Å². The number of amides is 6. The van der Waals surface area contributed by atoms with Gasteiger partial charge in [0.1, 0.15) is 24.2 Å². The fourth-order valence-electron chi connectivity index (χ4n) is 10.1. The number of aliphatic hydroxyl groups excluding tert-OH is 1. The second kappa shape index (κ2) is 23.0. The molecule has 18 heteroatoms. The second-order valence-electron chi connectivity index (χ2n) is 18.6. The van der Waals surface area contributed by atoms with Crippen LogP contribution in [0.1, 0.15) is 80.0 Å². The van der Waals surface area contributed by atoms with Crippen molar-refractivity contribution in [2.24, 2.45) is 0 Å². The number of aliphatic hydroxyl groups is 1. The number of hydrogen-bond donors (Lipinski definition) is 3. The molecule has 2 aromatic heterocycles. The van der Waals surface area contributed by atoms with Gasteiger partial charge in [0.05, 0.1) is 38.8 Å². The summed E-state index contributed by atoms with van der Waals surface area (Å²) < 4.78 is 0. The molecule has 15 nitrogen and oxygen atoms in total. The first-order valence-electron chi connectivity index (χ1n) is 24.5. The van der Waals surface area contributed by atoms with Crippen molar-refractivity contribution in [3.63, 3.8) is 0 Å². The zero-order valence-corrected chi connectivity index (χ0v) is 43.4. The third-order valence-corrected chi connectivity index (χ3v) is 16.7. The Kier molecular flexibility index (Phi) is 16.1. The smallest absolute Gasteiger partial charge is 0.255 e. The quantitative estimate of drug-likeness (QED) is 0.0983. The number of aryl methyl sites for hydroxylation is 2. The summed E-state index contributed by atoms with van der Waals surface area (Å²) in [6.07, 6.45) is 4.57. The minimum atomic E-state index is -1.01. The van der Waals surface area contributed by atoms with Gasteiger partial charge in [0.25, 0.3) is 11.8 Å². The number of thioether (sulfide) groups is 1. The minimum Gasteiger partial charge on any atom is -0.394 e. The molecule has 6 amide bonds. The molecule has 6 aromatic rings. The fraction of sp³-hybridized carbons (Fsp3) is 0.345. The lowest BCUT2D eigenvalue weighted by molar-refractivity contribution is -0.143. The fourth-order valence-corrected chi connectivity index (χ4v) is 12.4. The Morgan fingerprint density at radius 3 is 1.47 bits per heavy atom. The molecule has 0 radical (unpaired) electrons. The van der Waals surface area contributed by atoms with Crippen LogP contribution in [0, 0.1) is 13.8 Å². The van der Waals surface area contributed by atoms with E-state index in [1.807, 2.05) is 116 Å². The molecule has 6 heterocycles. The van der Waals surface area contributed by atoms with Gasteiger partial charge in [-0.2, -0.15) is 11.8 Å². The molecule has 4 aliphatic rings. The maximum atomic E-state index is 13.7. The average Bonchev–Trinajstić information content (AvgIpc) is 4.30. The summed E-state index contributed by atoms with van der Waals surface area (Å²) in [5.74, 6) is -0.786. The van der Waals surface area contributed by atoms with Crippen molar-refractivity contribution in [2.75, 3.05) is 31.7 Å². The van der Waals surface area contributed by atoms with E-state index in [9.17, 15) is 33.9 Å². The number of rotatable bonds is 15. The summed E-state index contributed by atoms with van der Waals surface area (Å²) >= 11 is 4.75. The first kappa shape index (κ1) is 51.2. The van der Waals surface area contributed by atoms with E-state index in [4.69, 9.17) is 0 Å². The van der Waals surface area contributed by atoms with Crippen molar-refractivity contribution < 1.29 is 33.9 Å². The van der Waals surface area contributed by atoms with Gasteiger partial charge in [-0.15, -0.1) is 22.7 Å². The van der Waals surface area contributed by atoms with Crippen LogP contribution in [0.15, 0.2) is 108 Å². The molecule has 10 rings (SSSR count). The topological polar surface area (TPSA) is 185 Å². The van der Waals surface area contributed by atoms with Gasteiger partial charge in [-0.05, 0) is 91.3 Å². The molecule has 0 spiro atoms. The maximum Gasteiger partial charge on any atom is 0.255 e. The lowest BCUT2D eigenvalue weighted by atomic mass is 10.1. The molecule has 73 heavy (non-hydrogen) atoms. The van der Waals surface area contributed by atoms with E-state index in [0.29, 0.717) is 68.9 Å². The van der Waals surface area contributed by atoms with Crippen LogP contribution in [0.2, 0.25) is 0 Å². The van der Waals surface area contributed by atoms with Gasteiger partial charge < -0.3 is 35.3 Å². The number of fused-ring (bicyclic) bond motifs is 2. The van der Waals surface area contributed by atoms with Crippen molar-refractivity contribution in [1.82, 2.24) is 40.2 Å². The predicted octanol–water partition coefficient (Wildman–Crippen LogP) is 6.86. The standard InChI is InChI=1S/C28H30N4O3S2.C27H28N4O4S/c1-18-25(37-17-30-18)20-11-9-19(10-12-20)14-29-26(33)23-8-5-13-31(23)28(35)24(16-36-2)32-15-21-6-3-4-7-22(21)27(32)34;1-17-24(36-16-29-17)19-10-8-18(9-11-19)13-28-25(33)22-7-4-12-30(22)27(35)23(15-32)31-14-20-5-2-3-6-21(20)26(31)34/h3-4,6-7,9-12,17,23-24H,5,8,13-16H2,1-2H3,(H,29,33);2-3,5-6,8-11,16,22-23,32H,4,7,12-15H2,1H3,(H,28,33). The predicted molar refractivity (Wildman–Crippen MR) is 283 cm³/mol. The van der Waals surface area contributed by atoms with Crippen molar-refractivity contribution in [3.05, 3.63) is 153 Å². The summed E-state index contributed by atoms with van der Waals surface area (Å²) in [6.45, 7) is 5.88. The molecule has 4 aliphatic heterocycles. The Labute approximate surface area is 437 Å². The first-order valence-corrected chi connectivity index (χ1v) is 27.6. The van der Waals surface area contributed by atoms with Crippen molar-refractivity contribution >= 4 is 69.9 Å². The normalized spacial score (nSPS) is 17.8. The highest BCUT2D eigenvalue weighted by Crippen LogP contribution is 2.32. The van der Waals surface area contributed by atoms with Crippen LogP contribution >= 0.6 is 34.4 Å². The Balaban J connectivity index is 0.000000180. The minimum absolute atomic E-state index is 0.111. The molecule has 4 atom stereocenters. The highest BCUT2D eigenvalue weighted by Gasteiger charge is 2.44. The molecule has 2 fully saturated rings. The number of hydrogen-bond acceptors (Lipinski definition) is 12. The molecule has 0 aliphatic carbocycles. The summed E-state index contributed by atoms with van der Waals surface area (Å²) in [5, 5.41) is 16.0. The lowest BCUT2D eigenvalue weighted by Gasteiger charge is -2.32. The third kappa shape index (κ3) is 11.0. The van der Waals surface area contributed by atoms with Crippen LogP contribution in [-0.4, -0.2) is 126 Å². The highest BCUT2D eigenvalue weighted by atomic mass is 32.2. The first-order chi connectivity index (χ1) is 35.4. The Morgan fingerprint density at radius 1 is 0.644 bits per heavy atom. The number of likely N-dealkylation sites (tertiary alicyclic amines) is 2. The summed E-state index contributed by atoms with van der Waals surface area (Å²) in [7, 11) is 0. The van der Waals surface area contributed by atoms with E-state index in [1.165, 1.54) is 21.6 Å². The molecule has 3 N–H and O–H groups in total. The van der Waals surface area contributed by atoms with Gasteiger partial charge in [0.2, 0.25) is 23.6 Å². The maximum absolute atomic E-state index is 13.7. The number of benzene rings is 4. The van der Waals surface area contributed by atoms with E-state index in [2.05, 4.69) is 20.6 Å². The van der Waals surface area contributed by atoms with E-state index in [1.54, 1.807) is 44.6 Å². The molecule has 378 valence electrons. The zero-order chi connectivity index (χ0) is 51.2. The van der Waals surface area contributed by atoms with Gasteiger partial charge in [-0.1, -0.05) is 84.9 Å². The molecule has 4 unspecified atom stereocenters. The van der Waals surface area contributed by atoms with E-state index >= 15 is 0 Å². The van der Waals surface area contributed by atoms with Crippen LogP contribution < -0.4 is 10.6 Å². The molecule has 4 aromatic carbocycles. The van der Waals surface area contributed by atoms with Crippen LogP contribution in [0.5, 0.6) is 0 Å². The monoisotopic (exact) mass is 1040 g/mol. The summed E-state index contributed by atoms with van der Waals surface area (Å²) in [4.78, 5) is 96.5. The number of nitrogens with zero attached hydrogens (tertiary/aromatic N) is 6. The number of carbonyl (C=O) groups is 6. The SMILES string of the molecule is CSCC(C(=O)N1CCCC1C(=O)NCc1ccc(-c2scnc2C)cc1)N1Cc2ccccc2C1=O.Cc1ncsc1-c1ccc(CNC(=O)C2CCCN2C(=O)C(CO)N2Cc3ccccc3C2=O)cc1. The zero-order valence-electron chi connectivity index (χ0n) is 41.0. The molecule has 2 saturated heterocycles. The molecule has 0 saturated carbocycles. The molecular weight excluding hydrogens is 981 g/mol. The highest BCUT2D eigenvalue weighted by molar-refractivity contribution is 7.98. The van der Waals surface area contributed by atoms with Gasteiger partial charge >= 0.3 is 0 Å². The van der Waals surface area contributed by atoms with E-state index < -0.39 is 30.8 Å². The van der Waals surface area contributed by atoms with Crippen LogP contribution in [0.3, 0.4) is 0 Å². The molecular formula is C55H58N8O7S3.